The molecule has 0 radical (unpaired) electrons. The zero-order valence-electron chi connectivity index (χ0n) is 13.1. The summed E-state index contributed by atoms with van der Waals surface area (Å²) in [5, 5.41) is 10.2. The molecule has 1 aromatic heterocycles. The number of aromatic nitrogens is 3. The van der Waals surface area contributed by atoms with E-state index in [2.05, 4.69) is 25.4 Å². The highest BCUT2D eigenvalue weighted by Gasteiger charge is 2.30. The minimum Gasteiger partial charge on any atom is -0.348 e. The summed E-state index contributed by atoms with van der Waals surface area (Å²) in [7, 11) is -3.78. The van der Waals surface area contributed by atoms with Gasteiger partial charge in [-0.1, -0.05) is 0 Å². The minimum atomic E-state index is -3.78. The number of amides is 1. The van der Waals surface area contributed by atoms with Gasteiger partial charge in [0.05, 0.1) is 5.69 Å². The lowest BCUT2D eigenvalue weighted by Gasteiger charge is -2.24. The molecule has 134 valence electrons. The van der Waals surface area contributed by atoms with Gasteiger partial charge >= 0.3 is 0 Å². The van der Waals surface area contributed by atoms with Crippen LogP contribution in [0, 0.1) is 0 Å². The van der Waals surface area contributed by atoms with Gasteiger partial charge in [0.15, 0.2) is 0 Å². The van der Waals surface area contributed by atoms with Crippen molar-refractivity contribution in [3.63, 3.8) is 0 Å². The predicted molar refractivity (Wildman–Crippen MR) is 92.8 cm³/mol. The SMILES string of the molecule is Cl.O=C(N[C@H]1CCCNC1)c1ccc2c(c1)S(=O)(=O)Nc1ncnn1-2. The Kier molecular flexibility index (Phi) is 4.67. The fourth-order valence-corrected chi connectivity index (χ4v) is 4.15. The molecule has 1 amide bonds. The van der Waals surface area contributed by atoms with Gasteiger partial charge in [0.2, 0.25) is 5.95 Å². The van der Waals surface area contributed by atoms with Gasteiger partial charge in [-0.05, 0) is 37.6 Å². The van der Waals surface area contributed by atoms with Crippen molar-refractivity contribution < 1.29 is 13.2 Å². The number of rotatable bonds is 2. The molecule has 9 nitrogen and oxygen atoms in total. The van der Waals surface area contributed by atoms with Crippen molar-refractivity contribution >= 4 is 34.3 Å². The Morgan fingerprint density at radius 1 is 1.36 bits per heavy atom. The highest BCUT2D eigenvalue weighted by molar-refractivity contribution is 7.93. The Morgan fingerprint density at radius 3 is 2.96 bits per heavy atom. The maximum Gasteiger partial charge on any atom is 0.266 e. The predicted octanol–water partition coefficient (Wildman–Crippen LogP) is 0.285. The summed E-state index contributed by atoms with van der Waals surface area (Å²) in [6, 6.07) is 4.59. The number of nitrogens with zero attached hydrogens (tertiary/aromatic N) is 3. The Hall–Kier alpha value is -2.17. The first-order valence-electron chi connectivity index (χ1n) is 7.63. The molecule has 1 aromatic carbocycles. The molecule has 2 aromatic rings. The number of hydrogen-bond donors (Lipinski definition) is 3. The second-order valence-corrected chi connectivity index (χ2v) is 7.45. The number of carbonyl (C=O) groups is 1. The maximum absolute atomic E-state index is 12.4. The summed E-state index contributed by atoms with van der Waals surface area (Å²) < 4.78 is 28.5. The zero-order valence-corrected chi connectivity index (χ0v) is 14.7. The van der Waals surface area contributed by atoms with E-state index in [-0.39, 0.29) is 35.2 Å². The van der Waals surface area contributed by atoms with Gasteiger partial charge in [0.25, 0.3) is 15.9 Å². The van der Waals surface area contributed by atoms with Crippen LogP contribution in [0.5, 0.6) is 0 Å². The maximum atomic E-state index is 12.4. The lowest BCUT2D eigenvalue weighted by molar-refractivity contribution is 0.0930. The number of fused-ring (bicyclic) bond motifs is 3. The van der Waals surface area contributed by atoms with Crippen LogP contribution in [-0.4, -0.2) is 48.2 Å². The molecule has 1 atom stereocenters. The molecule has 1 saturated heterocycles. The molecule has 0 aliphatic carbocycles. The Balaban J connectivity index is 0.00000182. The van der Waals surface area contributed by atoms with E-state index in [1.54, 1.807) is 12.1 Å². The second kappa shape index (κ2) is 6.62. The van der Waals surface area contributed by atoms with E-state index in [0.717, 1.165) is 25.9 Å². The molecular formula is C14H17ClN6O3S. The van der Waals surface area contributed by atoms with Gasteiger partial charge in [-0.2, -0.15) is 14.8 Å². The van der Waals surface area contributed by atoms with E-state index in [0.29, 0.717) is 11.3 Å². The number of sulfonamides is 1. The lowest BCUT2D eigenvalue weighted by atomic mass is 10.1. The summed E-state index contributed by atoms with van der Waals surface area (Å²) in [4.78, 5) is 16.3. The van der Waals surface area contributed by atoms with Crippen molar-refractivity contribution in [3.05, 3.63) is 30.1 Å². The first-order chi connectivity index (χ1) is 11.5. The summed E-state index contributed by atoms with van der Waals surface area (Å²) in [6.07, 6.45) is 3.18. The lowest BCUT2D eigenvalue weighted by Crippen LogP contribution is -2.45. The van der Waals surface area contributed by atoms with E-state index in [9.17, 15) is 13.2 Å². The van der Waals surface area contributed by atoms with Gasteiger partial charge in [0.1, 0.15) is 11.2 Å². The quantitative estimate of drug-likeness (QED) is 0.684. The molecule has 11 heteroatoms. The molecule has 1 fully saturated rings. The summed E-state index contributed by atoms with van der Waals surface area (Å²) in [6.45, 7) is 1.67. The van der Waals surface area contributed by atoms with E-state index < -0.39 is 10.0 Å². The van der Waals surface area contributed by atoms with Crippen LogP contribution in [0.1, 0.15) is 23.2 Å². The molecule has 0 bridgehead atoms. The minimum absolute atomic E-state index is 0. The van der Waals surface area contributed by atoms with Crippen LogP contribution in [-0.2, 0) is 10.0 Å². The van der Waals surface area contributed by atoms with Gasteiger partial charge in [0, 0.05) is 18.2 Å². The van der Waals surface area contributed by atoms with Crippen LogP contribution in [0.4, 0.5) is 5.95 Å². The Bertz CT molecular complexity index is 907. The van der Waals surface area contributed by atoms with Crippen LogP contribution in [0.3, 0.4) is 0 Å². The average Bonchev–Trinajstić information content (AvgIpc) is 3.03. The Labute approximate surface area is 150 Å². The third kappa shape index (κ3) is 3.20. The highest BCUT2D eigenvalue weighted by atomic mass is 35.5. The monoisotopic (exact) mass is 384 g/mol. The van der Waals surface area contributed by atoms with Crippen molar-refractivity contribution in [3.8, 4) is 5.69 Å². The van der Waals surface area contributed by atoms with E-state index >= 15 is 0 Å². The summed E-state index contributed by atoms with van der Waals surface area (Å²) >= 11 is 0. The van der Waals surface area contributed by atoms with Gasteiger partial charge in [-0.15, -0.1) is 12.4 Å². The highest BCUT2D eigenvalue weighted by Crippen LogP contribution is 2.29. The van der Waals surface area contributed by atoms with Crippen LogP contribution in [0.15, 0.2) is 29.4 Å². The first kappa shape index (κ1) is 17.6. The molecule has 2 aliphatic rings. The zero-order chi connectivity index (χ0) is 16.7. The number of halogens is 1. The number of anilines is 1. The van der Waals surface area contributed by atoms with Gasteiger partial charge in [-0.3, -0.25) is 4.79 Å². The topological polar surface area (TPSA) is 118 Å². The summed E-state index contributed by atoms with van der Waals surface area (Å²) in [5.74, 6) is -0.154. The van der Waals surface area contributed by atoms with Crippen molar-refractivity contribution in [2.24, 2.45) is 0 Å². The van der Waals surface area contributed by atoms with Crippen molar-refractivity contribution in [1.29, 1.82) is 0 Å². The molecule has 0 saturated carbocycles. The molecule has 3 heterocycles. The van der Waals surface area contributed by atoms with Crippen LogP contribution in [0.2, 0.25) is 0 Å². The third-order valence-electron chi connectivity index (χ3n) is 4.15. The van der Waals surface area contributed by atoms with Crippen LogP contribution < -0.4 is 15.4 Å². The van der Waals surface area contributed by atoms with E-state index in [4.69, 9.17) is 0 Å². The largest absolute Gasteiger partial charge is 0.348 e. The molecule has 0 spiro atoms. The molecule has 3 N–H and O–H groups in total. The number of carbonyl (C=O) groups excluding carboxylic acids is 1. The van der Waals surface area contributed by atoms with Gasteiger partial charge < -0.3 is 10.6 Å². The molecule has 2 aliphatic heterocycles. The van der Waals surface area contributed by atoms with E-state index in [1.807, 2.05) is 0 Å². The number of nitrogens with one attached hydrogen (secondary N) is 3. The summed E-state index contributed by atoms with van der Waals surface area (Å²) in [5.41, 5.74) is 0.672. The third-order valence-corrected chi connectivity index (χ3v) is 5.50. The van der Waals surface area contributed by atoms with E-state index in [1.165, 1.54) is 17.1 Å². The fourth-order valence-electron chi connectivity index (χ4n) is 2.95. The molecule has 0 unspecified atom stereocenters. The fraction of sp³-hybridized carbons (Fsp3) is 0.357. The Morgan fingerprint density at radius 2 is 2.20 bits per heavy atom. The number of piperidine rings is 1. The number of hydrogen-bond acceptors (Lipinski definition) is 6. The molecule has 4 rings (SSSR count). The molecule has 25 heavy (non-hydrogen) atoms. The normalized spacial score (nSPS) is 20.4. The van der Waals surface area contributed by atoms with Gasteiger partial charge in [-0.25, -0.2) is 13.1 Å². The van der Waals surface area contributed by atoms with Crippen LogP contribution in [0.25, 0.3) is 5.69 Å². The average molecular weight is 385 g/mol. The van der Waals surface area contributed by atoms with Crippen molar-refractivity contribution in [2.75, 3.05) is 17.8 Å². The first-order valence-corrected chi connectivity index (χ1v) is 9.12. The van der Waals surface area contributed by atoms with Crippen molar-refractivity contribution in [2.45, 2.75) is 23.8 Å². The second-order valence-electron chi connectivity index (χ2n) is 5.80. The van der Waals surface area contributed by atoms with Crippen molar-refractivity contribution in [1.82, 2.24) is 25.4 Å². The standard InChI is InChI=1S/C14H16N6O3S.ClH/c21-13(18-10-2-1-5-15-7-10)9-3-4-11-12(6-9)24(22,23)19-14-16-8-17-20(11)14;/h3-4,6,8,10,15H,1-2,5,7H2,(H,18,21)(H,16,17,19);1H/t10-;/m0./s1. The smallest absolute Gasteiger partial charge is 0.266 e. The van der Waals surface area contributed by atoms with Crippen LogP contribution >= 0.6 is 12.4 Å². The number of benzene rings is 1. The molecular weight excluding hydrogens is 368 g/mol.